The minimum absolute atomic E-state index is 0.0305. The van der Waals surface area contributed by atoms with Gasteiger partial charge in [0.05, 0.1) is 17.4 Å². The molecule has 21 heavy (non-hydrogen) atoms. The maximum absolute atomic E-state index is 12.4. The number of rotatable bonds is 2. The molecule has 0 bridgehead atoms. The molecule has 0 saturated carbocycles. The van der Waals surface area contributed by atoms with E-state index in [1.54, 1.807) is 6.33 Å². The Morgan fingerprint density at radius 2 is 2.29 bits per heavy atom. The number of hydrogen-bond donors (Lipinski definition) is 2. The first kappa shape index (κ1) is 12.8. The number of carbonyl (C=O) groups excluding carboxylic acids is 1. The number of H-pyrrole nitrogens is 1. The number of carbonyl (C=O) groups is 1. The highest BCUT2D eigenvalue weighted by molar-refractivity contribution is 5.97. The van der Waals surface area contributed by atoms with Gasteiger partial charge in [-0.25, -0.2) is 4.98 Å². The maximum Gasteiger partial charge on any atom is 0.251 e. The van der Waals surface area contributed by atoms with Gasteiger partial charge in [-0.1, -0.05) is 0 Å². The maximum atomic E-state index is 12.4. The Labute approximate surface area is 123 Å². The first-order chi connectivity index (χ1) is 10.3. The summed E-state index contributed by atoms with van der Waals surface area (Å²) in [5.74, 6) is 0.0305. The van der Waals surface area contributed by atoms with Gasteiger partial charge in [0.25, 0.3) is 5.91 Å². The number of hydrogen-bond acceptors (Lipinski definition) is 3. The average Bonchev–Trinajstić information content (AvgIpc) is 3.14. The molecule has 2 saturated heterocycles. The van der Waals surface area contributed by atoms with Crippen molar-refractivity contribution < 1.29 is 4.79 Å². The molecule has 1 aromatic carbocycles. The van der Waals surface area contributed by atoms with Gasteiger partial charge < -0.3 is 15.2 Å². The van der Waals surface area contributed by atoms with Crippen molar-refractivity contribution in [2.45, 2.75) is 37.8 Å². The Hall–Kier alpha value is -1.88. The molecule has 2 aliphatic heterocycles. The number of nitrogens with zero attached hydrogens (tertiary/aromatic N) is 2. The van der Waals surface area contributed by atoms with Crippen LogP contribution >= 0.6 is 0 Å². The number of nitrogens with one attached hydrogen (secondary N) is 2. The summed E-state index contributed by atoms with van der Waals surface area (Å²) in [5.41, 5.74) is 2.51. The van der Waals surface area contributed by atoms with Gasteiger partial charge >= 0.3 is 0 Å². The van der Waals surface area contributed by atoms with E-state index < -0.39 is 0 Å². The predicted octanol–water partition coefficient (Wildman–Crippen LogP) is 1.92. The smallest absolute Gasteiger partial charge is 0.251 e. The van der Waals surface area contributed by atoms with Crippen LogP contribution in [0.5, 0.6) is 0 Å². The highest BCUT2D eigenvalue weighted by Gasteiger charge is 2.32. The highest BCUT2D eigenvalue weighted by atomic mass is 16.1. The van der Waals surface area contributed by atoms with Gasteiger partial charge in [0.15, 0.2) is 0 Å². The Balaban J connectivity index is 1.45. The van der Waals surface area contributed by atoms with Crippen LogP contribution in [-0.4, -0.2) is 45.9 Å². The van der Waals surface area contributed by atoms with E-state index in [1.165, 1.54) is 19.4 Å². The van der Waals surface area contributed by atoms with Crippen molar-refractivity contribution in [1.29, 1.82) is 0 Å². The zero-order valence-electron chi connectivity index (χ0n) is 12.0. The van der Waals surface area contributed by atoms with E-state index in [0.717, 1.165) is 30.4 Å². The monoisotopic (exact) mass is 284 g/mol. The molecule has 0 aliphatic carbocycles. The molecule has 2 unspecified atom stereocenters. The predicted molar refractivity (Wildman–Crippen MR) is 81.2 cm³/mol. The van der Waals surface area contributed by atoms with Crippen LogP contribution in [0.25, 0.3) is 11.0 Å². The summed E-state index contributed by atoms with van der Waals surface area (Å²) in [4.78, 5) is 22.2. The van der Waals surface area contributed by atoms with Gasteiger partial charge in [0, 0.05) is 24.2 Å². The topological polar surface area (TPSA) is 61.0 Å². The number of benzene rings is 1. The minimum atomic E-state index is 0.0305. The summed E-state index contributed by atoms with van der Waals surface area (Å²) in [7, 11) is 0. The molecule has 0 spiro atoms. The zero-order chi connectivity index (χ0) is 14.2. The van der Waals surface area contributed by atoms with Gasteiger partial charge in [0.2, 0.25) is 0 Å². The molecule has 1 amide bonds. The Bertz CT molecular complexity index is 665. The summed E-state index contributed by atoms with van der Waals surface area (Å²) < 4.78 is 0. The summed E-state index contributed by atoms with van der Waals surface area (Å²) in [5, 5.41) is 3.20. The van der Waals surface area contributed by atoms with Gasteiger partial charge in [-0.2, -0.15) is 0 Å². The standard InChI is InChI=1S/C16H20N4O/c21-16(11-3-4-14-15(8-11)18-10-17-14)19-12-5-7-20-6-1-2-13(20)9-12/h3-4,8,10,12-13H,1-2,5-7,9H2,(H,17,18)(H,19,21). The fraction of sp³-hybridized carbons (Fsp3) is 0.500. The van der Waals surface area contributed by atoms with E-state index in [0.29, 0.717) is 17.6 Å². The molecule has 2 N–H and O–H groups in total. The second-order valence-corrected chi connectivity index (χ2v) is 6.16. The van der Waals surface area contributed by atoms with Crippen molar-refractivity contribution >= 4 is 16.9 Å². The van der Waals surface area contributed by atoms with Gasteiger partial charge in [-0.15, -0.1) is 0 Å². The molecule has 0 radical (unpaired) electrons. The molecule has 110 valence electrons. The normalized spacial score (nSPS) is 25.9. The summed E-state index contributed by atoms with van der Waals surface area (Å²) in [6, 6.07) is 6.61. The average molecular weight is 284 g/mol. The first-order valence-electron chi connectivity index (χ1n) is 7.77. The lowest BCUT2D eigenvalue weighted by molar-refractivity contribution is 0.0896. The lowest BCUT2D eigenvalue weighted by Gasteiger charge is -2.35. The molecule has 1 aromatic heterocycles. The first-order valence-corrected chi connectivity index (χ1v) is 7.77. The number of aromatic amines is 1. The van der Waals surface area contributed by atoms with Crippen molar-refractivity contribution in [1.82, 2.24) is 20.2 Å². The molecule has 3 heterocycles. The second kappa shape index (κ2) is 5.15. The largest absolute Gasteiger partial charge is 0.349 e. The molecule has 5 nitrogen and oxygen atoms in total. The van der Waals surface area contributed by atoms with Crippen LogP contribution in [0.3, 0.4) is 0 Å². The number of piperidine rings is 1. The number of amides is 1. The van der Waals surface area contributed by atoms with Crippen LogP contribution in [0, 0.1) is 0 Å². The lowest BCUT2D eigenvalue weighted by Crippen LogP contribution is -2.47. The third-order valence-corrected chi connectivity index (χ3v) is 4.84. The van der Waals surface area contributed by atoms with Crippen molar-refractivity contribution in [3.05, 3.63) is 30.1 Å². The minimum Gasteiger partial charge on any atom is -0.349 e. The molecule has 2 aliphatic rings. The molecule has 2 fully saturated rings. The van der Waals surface area contributed by atoms with E-state index in [-0.39, 0.29) is 5.91 Å². The van der Waals surface area contributed by atoms with E-state index in [9.17, 15) is 4.79 Å². The fourth-order valence-corrected chi connectivity index (χ4v) is 3.70. The molecule has 2 atom stereocenters. The zero-order valence-corrected chi connectivity index (χ0v) is 12.0. The van der Waals surface area contributed by atoms with Gasteiger partial charge in [-0.05, 0) is 50.4 Å². The summed E-state index contributed by atoms with van der Waals surface area (Å²) in [6.07, 6.45) is 6.41. The van der Waals surface area contributed by atoms with Crippen molar-refractivity contribution in [3.8, 4) is 0 Å². The molecule has 2 aromatic rings. The molecular formula is C16H20N4O. The third-order valence-electron chi connectivity index (χ3n) is 4.84. The van der Waals surface area contributed by atoms with Crippen molar-refractivity contribution in [2.24, 2.45) is 0 Å². The Kier molecular flexibility index (Phi) is 3.15. The van der Waals surface area contributed by atoms with E-state index in [1.807, 2.05) is 18.2 Å². The fourth-order valence-electron chi connectivity index (χ4n) is 3.70. The summed E-state index contributed by atoms with van der Waals surface area (Å²) >= 11 is 0. The summed E-state index contributed by atoms with van der Waals surface area (Å²) in [6.45, 7) is 2.36. The third kappa shape index (κ3) is 2.42. The van der Waals surface area contributed by atoms with Crippen LogP contribution in [0.2, 0.25) is 0 Å². The Morgan fingerprint density at radius 1 is 1.33 bits per heavy atom. The van der Waals surface area contributed by atoms with Crippen molar-refractivity contribution in [2.75, 3.05) is 13.1 Å². The molecule has 4 rings (SSSR count). The van der Waals surface area contributed by atoms with Crippen LogP contribution in [-0.2, 0) is 0 Å². The van der Waals surface area contributed by atoms with Crippen LogP contribution < -0.4 is 5.32 Å². The van der Waals surface area contributed by atoms with Gasteiger partial charge in [-0.3, -0.25) is 4.79 Å². The van der Waals surface area contributed by atoms with Gasteiger partial charge in [0.1, 0.15) is 0 Å². The number of fused-ring (bicyclic) bond motifs is 2. The van der Waals surface area contributed by atoms with E-state index >= 15 is 0 Å². The highest BCUT2D eigenvalue weighted by Crippen LogP contribution is 2.27. The number of imidazole rings is 1. The SMILES string of the molecule is O=C(NC1CCN2CCCC2C1)c1ccc2nc[nH]c2c1. The van der Waals surface area contributed by atoms with Crippen LogP contribution in [0.15, 0.2) is 24.5 Å². The molecular weight excluding hydrogens is 264 g/mol. The van der Waals surface area contributed by atoms with E-state index in [2.05, 4.69) is 20.2 Å². The van der Waals surface area contributed by atoms with Crippen LogP contribution in [0.4, 0.5) is 0 Å². The van der Waals surface area contributed by atoms with E-state index in [4.69, 9.17) is 0 Å². The molecule has 5 heteroatoms. The van der Waals surface area contributed by atoms with Crippen molar-refractivity contribution in [3.63, 3.8) is 0 Å². The van der Waals surface area contributed by atoms with Crippen LogP contribution in [0.1, 0.15) is 36.0 Å². The Morgan fingerprint density at radius 3 is 3.24 bits per heavy atom. The number of aromatic nitrogens is 2. The quantitative estimate of drug-likeness (QED) is 0.885. The lowest BCUT2D eigenvalue weighted by atomic mass is 9.97. The second-order valence-electron chi connectivity index (χ2n) is 6.16.